The lowest BCUT2D eigenvalue weighted by Crippen LogP contribution is -2.52. The Labute approximate surface area is 195 Å². The molecule has 2 N–H and O–H groups in total. The van der Waals surface area contributed by atoms with E-state index in [4.69, 9.17) is 4.74 Å². The number of methoxy groups -OCH3 is 1. The second-order valence-corrected chi connectivity index (χ2v) is 8.88. The molecule has 7 nitrogen and oxygen atoms in total. The van der Waals surface area contributed by atoms with Gasteiger partial charge in [-0.2, -0.15) is 0 Å². The number of carbonyl (C=O) groups excluding carboxylic acids is 2. The highest BCUT2D eigenvalue weighted by molar-refractivity contribution is 5.94. The third-order valence-electron chi connectivity index (χ3n) is 6.71. The molecule has 33 heavy (non-hydrogen) atoms. The number of hydrogen-bond donors (Lipinski definition) is 2. The van der Waals surface area contributed by atoms with Crippen LogP contribution < -0.4 is 10.1 Å². The molecule has 0 aliphatic carbocycles. The molecule has 176 valence electrons. The highest BCUT2D eigenvalue weighted by Gasteiger charge is 2.40. The molecule has 0 spiro atoms. The monoisotopic (exact) mass is 451 g/mol. The van der Waals surface area contributed by atoms with Gasteiger partial charge in [0.25, 0.3) is 5.91 Å². The van der Waals surface area contributed by atoms with E-state index in [0.717, 1.165) is 19.3 Å². The van der Waals surface area contributed by atoms with Crippen molar-refractivity contribution in [2.24, 2.45) is 0 Å². The first-order valence-electron chi connectivity index (χ1n) is 11.7. The normalized spacial score (nSPS) is 21.7. The molecule has 2 heterocycles. The molecule has 4 rings (SSSR count). The Kier molecular flexibility index (Phi) is 7.62. The van der Waals surface area contributed by atoms with Crippen molar-refractivity contribution in [2.45, 2.75) is 43.9 Å². The highest BCUT2D eigenvalue weighted by Crippen LogP contribution is 2.27. The maximum absolute atomic E-state index is 12.9. The number of likely N-dealkylation sites (tertiary alicyclic amines) is 2. The Bertz CT molecular complexity index is 944. The fraction of sp³-hybridized carbons (Fsp3) is 0.462. The molecule has 2 aromatic rings. The minimum Gasteiger partial charge on any atom is -0.497 e. The summed E-state index contributed by atoms with van der Waals surface area (Å²) in [5.41, 5.74) is 1.81. The number of aliphatic hydroxyl groups excluding tert-OH is 1. The first-order chi connectivity index (χ1) is 16.0. The molecule has 0 saturated carbocycles. The van der Waals surface area contributed by atoms with Crippen molar-refractivity contribution in [3.8, 4) is 5.75 Å². The molecule has 0 radical (unpaired) electrons. The predicted octanol–water partition coefficient (Wildman–Crippen LogP) is 2.09. The fourth-order valence-corrected chi connectivity index (χ4v) is 4.93. The molecular weight excluding hydrogens is 418 g/mol. The van der Waals surface area contributed by atoms with Crippen LogP contribution in [-0.4, -0.2) is 78.2 Å². The van der Waals surface area contributed by atoms with Gasteiger partial charge in [0.05, 0.1) is 19.3 Å². The van der Waals surface area contributed by atoms with Gasteiger partial charge in [0, 0.05) is 37.8 Å². The van der Waals surface area contributed by atoms with Crippen LogP contribution in [0, 0.1) is 0 Å². The van der Waals surface area contributed by atoms with Crippen molar-refractivity contribution in [3.05, 3.63) is 65.7 Å². The molecule has 2 fully saturated rings. The number of ether oxygens (including phenoxy) is 1. The predicted molar refractivity (Wildman–Crippen MR) is 126 cm³/mol. The summed E-state index contributed by atoms with van der Waals surface area (Å²) in [6, 6.07) is 17.2. The smallest absolute Gasteiger partial charge is 0.253 e. The van der Waals surface area contributed by atoms with Crippen LogP contribution in [0.3, 0.4) is 0 Å². The second-order valence-electron chi connectivity index (χ2n) is 8.88. The summed E-state index contributed by atoms with van der Waals surface area (Å²) in [5, 5.41) is 13.3. The van der Waals surface area contributed by atoms with E-state index in [0.29, 0.717) is 43.9 Å². The highest BCUT2D eigenvalue weighted by atomic mass is 16.5. The zero-order valence-corrected chi connectivity index (χ0v) is 19.2. The summed E-state index contributed by atoms with van der Waals surface area (Å²) in [6.07, 6.45) is 2.32. The van der Waals surface area contributed by atoms with Crippen molar-refractivity contribution >= 4 is 11.8 Å². The van der Waals surface area contributed by atoms with Gasteiger partial charge in [0.2, 0.25) is 5.91 Å². The summed E-state index contributed by atoms with van der Waals surface area (Å²) in [7, 11) is 1.59. The van der Waals surface area contributed by atoms with E-state index in [1.165, 1.54) is 5.56 Å². The Morgan fingerprint density at radius 2 is 1.85 bits per heavy atom. The van der Waals surface area contributed by atoms with Gasteiger partial charge in [-0.05, 0) is 49.4 Å². The number of nitrogens with zero attached hydrogens (tertiary/aromatic N) is 2. The lowest BCUT2D eigenvalue weighted by molar-refractivity contribution is -0.126. The summed E-state index contributed by atoms with van der Waals surface area (Å²) in [5.74, 6) is 0.657. The Balaban J connectivity index is 1.30. The Hall–Kier alpha value is -2.90. The number of piperidine rings is 1. The summed E-state index contributed by atoms with van der Waals surface area (Å²) < 4.78 is 5.24. The minimum atomic E-state index is -0.494. The van der Waals surface area contributed by atoms with Gasteiger partial charge in [0.1, 0.15) is 5.75 Å². The van der Waals surface area contributed by atoms with Crippen LogP contribution in [0.4, 0.5) is 0 Å². The van der Waals surface area contributed by atoms with E-state index >= 15 is 0 Å². The summed E-state index contributed by atoms with van der Waals surface area (Å²) >= 11 is 0. The van der Waals surface area contributed by atoms with Gasteiger partial charge in [-0.1, -0.05) is 36.4 Å². The average Bonchev–Trinajstić information content (AvgIpc) is 3.26. The van der Waals surface area contributed by atoms with E-state index in [9.17, 15) is 14.7 Å². The van der Waals surface area contributed by atoms with Crippen LogP contribution in [0.1, 0.15) is 35.2 Å². The zero-order chi connectivity index (χ0) is 23.2. The second kappa shape index (κ2) is 10.8. The molecule has 2 aromatic carbocycles. The van der Waals surface area contributed by atoms with E-state index < -0.39 is 6.10 Å². The summed E-state index contributed by atoms with van der Waals surface area (Å²) in [4.78, 5) is 29.8. The lowest BCUT2D eigenvalue weighted by atomic mass is 10.0. The van der Waals surface area contributed by atoms with E-state index in [2.05, 4.69) is 22.3 Å². The molecular formula is C26H33N3O4. The largest absolute Gasteiger partial charge is 0.497 e. The third kappa shape index (κ3) is 5.72. The fourth-order valence-electron chi connectivity index (χ4n) is 4.93. The van der Waals surface area contributed by atoms with Gasteiger partial charge in [-0.15, -0.1) is 0 Å². The molecule has 2 amide bonds. The summed E-state index contributed by atoms with van der Waals surface area (Å²) in [6.45, 7) is 2.35. The first-order valence-corrected chi connectivity index (χ1v) is 11.7. The number of aliphatic hydroxyl groups is 1. The zero-order valence-electron chi connectivity index (χ0n) is 19.2. The van der Waals surface area contributed by atoms with Crippen molar-refractivity contribution in [2.75, 3.05) is 33.3 Å². The number of amides is 2. The van der Waals surface area contributed by atoms with Crippen LogP contribution >= 0.6 is 0 Å². The maximum atomic E-state index is 12.9. The SMILES string of the molecule is COc1cccc(C(=O)N2CCC(N3C[C@H](O)C[C@H]3C(=O)NCCc3ccccc3)CC2)c1. The number of rotatable bonds is 7. The van der Waals surface area contributed by atoms with Crippen LogP contribution in [0.2, 0.25) is 0 Å². The molecule has 2 aliphatic heterocycles. The first kappa shape index (κ1) is 23.3. The third-order valence-corrected chi connectivity index (χ3v) is 6.71. The van der Waals surface area contributed by atoms with E-state index in [-0.39, 0.29) is 23.9 Å². The van der Waals surface area contributed by atoms with Crippen LogP contribution in [0.15, 0.2) is 54.6 Å². The molecule has 7 heteroatoms. The Morgan fingerprint density at radius 1 is 1.09 bits per heavy atom. The molecule has 0 aromatic heterocycles. The van der Waals surface area contributed by atoms with Crippen LogP contribution in [-0.2, 0) is 11.2 Å². The standard InChI is InChI=1S/C26H33N3O4/c1-33-23-9-5-8-20(16-23)26(32)28-14-11-21(12-15-28)29-18-22(30)17-24(29)25(31)27-13-10-19-6-3-2-4-7-19/h2-9,16,21-22,24,30H,10-15,17-18H2,1H3,(H,27,31)/t22-,24+/m1/s1. The number of nitrogens with one attached hydrogen (secondary N) is 1. The maximum Gasteiger partial charge on any atom is 0.253 e. The molecule has 2 atom stereocenters. The number of hydrogen-bond acceptors (Lipinski definition) is 5. The van der Waals surface area contributed by atoms with Gasteiger partial charge in [0.15, 0.2) is 0 Å². The van der Waals surface area contributed by atoms with E-state index in [1.54, 1.807) is 13.2 Å². The van der Waals surface area contributed by atoms with Gasteiger partial charge < -0.3 is 20.1 Å². The van der Waals surface area contributed by atoms with Crippen molar-refractivity contribution in [1.29, 1.82) is 0 Å². The molecule has 0 bridgehead atoms. The van der Waals surface area contributed by atoms with Gasteiger partial charge in [-0.3, -0.25) is 14.5 Å². The van der Waals surface area contributed by atoms with E-state index in [1.807, 2.05) is 41.3 Å². The van der Waals surface area contributed by atoms with Crippen LogP contribution in [0.25, 0.3) is 0 Å². The van der Waals surface area contributed by atoms with Crippen molar-refractivity contribution in [1.82, 2.24) is 15.1 Å². The molecule has 2 saturated heterocycles. The Morgan fingerprint density at radius 3 is 2.58 bits per heavy atom. The minimum absolute atomic E-state index is 0.00371. The number of β-amino-alcohol motifs (C(OH)–C–C–N with tert-alkyl or cyclic N) is 1. The van der Waals surface area contributed by atoms with Crippen molar-refractivity contribution in [3.63, 3.8) is 0 Å². The van der Waals surface area contributed by atoms with Gasteiger partial charge >= 0.3 is 0 Å². The average molecular weight is 452 g/mol. The van der Waals surface area contributed by atoms with Crippen LogP contribution in [0.5, 0.6) is 5.75 Å². The number of carbonyl (C=O) groups is 2. The number of benzene rings is 2. The van der Waals surface area contributed by atoms with Gasteiger partial charge in [-0.25, -0.2) is 0 Å². The molecule has 0 unspecified atom stereocenters. The lowest BCUT2D eigenvalue weighted by Gasteiger charge is -2.39. The quantitative estimate of drug-likeness (QED) is 0.674. The molecule has 2 aliphatic rings. The topological polar surface area (TPSA) is 82.1 Å². The van der Waals surface area contributed by atoms with Crippen molar-refractivity contribution < 1.29 is 19.4 Å².